The van der Waals surface area contributed by atoms with Crippen molar-refractivity contribution in [1.29, 1.82) is 5.26 Å². The van der Waals surface area contributed by atoms with E-state index in [0.29, 0.717) is 6.42 Å². The first-order chi connectivity index (χ1) is 7.40. The molecule has 1 aromatic carbocycles. The summed E-state index contributed by atoms with van der Waals surface area (Å²) < 4.78 is 0. The molecule has 1 aliphatic rings. The summed E-state index contributed by atoms with van der Waals surface area (Å²) in [5.41, 5.74) is 3.01. The smallest absolute Gasteiger partial charge is 0.0635 e. The Bertz CT molecular complexity index is 340. The molecule has 0 saturated carbocycles. The monoisotopic (exact) mass is 200 g/mol. The molecule has 0 atom stereocenters. The van der Waals surface area contributed by atoms with Gasteiger partial charge in [0.25, 0.3) is 0 Å². The summed E-state index contributed by atoms with van der Waals surface area (Å²) in [5.74, 6) is 0.723. The highest BCUT2D eigenvalue weighted by Gasteiger charge is 2.19. The van der Waals surface area contributed by atoms with Gasteiger partial charge in [0, 0.05) is 13.0 Å². The molecule has 0 saturated heterocycles. The highest BCUT2D eigenvalue weighted by molar-refractivity contribution is 5.32. The van der Waals surface area contributed by atoms with E-state index in [0.717, 1.165) is 19.0 Å². The predicted octanol–water partition coefficient (Wildman–Crippen LogP) is 1.90. The topological polar surface area (TPSA) is 35.8 Å². The average molecular weight is 200 g/mol. The van der Waals surface area contributed by atoms with Crippen molar-refractivity contribution < 1.29 is 0 Å². The summed E-state index contributed by atoms with van der Waals surface area (Å²) in [5, 5.41) is 11.8. The van der Waals surface area contributed by atoms with Crippen molar-refractivity contribution in [3.8, 4) is 6.07 Å². The summed E-state index contributed by atoms with van der Waals surface area (Å²) in [6, 6.07) is 10.8. The van der Waals surface area contributed by atoms with Crippen LogP contribution >= 0.6 is 0 Å². The quantitative estimate of drug-likeness (QED) is 0.753. The van der Waals surface area contributed by atoms with Gasteiger partial charge in [-0.15, -0.1) is 0 Å². The van der Waals surface area contributed by atoms with Crippen LogP contribution in [0, 0.1) is 17.2 Å². The fourth-order valence-corrected chi connectivity index (χ4v) is 2.24. The van der Waals surface area contributed by atoms with Crippen LogP contribution in [0.5, 0.6) is 0 Å². The normalized spacial score (nSPS) is 14.9. The van der Waals surface area contributed by atoms with Gasteiger partial charge in [-0.05, 0) is 36.4 Å². The van der Waals surface area contributed by atoms with Crippen molar-refractivity contribution in [3.05, 3.63) is 35.4 Å². The molecule has 78 valence electrons. The zero-order valence-electron chi connectivity index (χ0n) is 8.87. The van der Waals surface area contributed by atoms with Crippen molar-refractivity contribution in [2.45, 2.75) is 19.3 Å². The van der Waals surface area contributed by atoms with Gasteiger partial charge in [0.2, 0.25) is 0 Å². The first-order valence-corrected chi connectivity index (χ1v) is 5.54. The highest BCUT2D eigenvalue weighted by atomic mass is 14.9. The van der Waals surface area contributed by atoms with Gasteiger partial charge in [0.15, 0.2) is 0 Å². The van der Waals surface area contributed by atoms with Crippen LogP contribution in [0.15, 0.2) is 24.3 Å². The van der Waals surface area contributed by atoms with Gasteiger partial charge in [-0.3, -0.25) is 0 Å². The van der Waals surface area contributed by atoms with Crippen LogP contribution in [0.4, 0.5) is 0 Å². The maximum absolute atomic E-state index is 8.41. The summed E-state index contributed by atoms with van der Waals surface area (Å²) in [6.07, 6.45) is 2.99. The Morgan fingerprint density at radius 3 is 2.53 bits per heavy atom. The third kappa shape index (κ3) is 2.57. The molecule has 2 rings (SSSR count). The van der Waals surface area contributed by atoms with E-state index in [-0.39, 0.29) is 0 Å². The number of hydrogen-bond acceptors (Lipinski definition) is 2. The van der Waals surface area contributed by atoms with Crippen LogP contribution in [0.2, 0.25) is 0 Å². The van der Waals surface area contributed by atoms with E-state index in [2.05, 4.69) is 35.7 Å². The van der Waals surface area contributed by atoms with Crippen molar-refractivity contribution in [2.75, 3.05) is 13.1 Å². The fourth-order valence-electron chi connectivity index (χ4n) is 2.24. The summed E-state index contributed by atoms with van der Waals surface area (Å²) >= 11 is 0. The Morgan fingerprint density at radius 2 is 1.93 bits per heavy atom. The largest absolute Gasteiger partial charge is 0.315 e. The highest BCUT2D eigenvalue weighted by Crippen LogP contribution is 2.25. The molecule has 0 heterocycles. The molecule has 2 nitrogen and oxygen atoms in total. The number of nitrogens with one attached hydrogen (secondary N) is 1. The first-order valence-electron chi connectivity index (χ1n) is 5.54. The third-order valence-corrected chi connectivity index (χ3v) is 2.98. The third-order valence-electron chi connectivity index (χ3n) is 2.98. The van der Waals surface area contributed by atoms with E-state index in [1.165, 1.54) is 24.0 Å². The Hall–Kier alpha value is -1.33. The molecule has 0 aromatic heterocycles. The number of rotatable bonds is 4. The molecule has 0 fully saturated rings. The maximum atomic E-state index is 8.41. The molecule has 2 heteroatoms. The average Bonchev–Trinajstić information content (AvgIpc) is 2.67. The Labute approximate surface area is 90.9 Å². The second kappa shape index (κ2) is 4.95. The SMILES string of the molecule is N#CCCNCC1Cc2ccccc2C1. The molecule has 0 aliphatic heterocycles. The standard InChI is InChI=1S/C13H16N2/c14-6-3-7-15-10-11-8-12-4-1-2-5-13(12)9-11/h1-2,4-5,11,15H,3,7-10H2. The second-order valence-corrected chi connectivity index (χ2v) is 4.16. The molecule has 0 spiro atoms. The lowest BCUT2D eigenvalue weighted by atomic mass is 10.1. The number of benzene rings is 1. The second-order valence-electron chi connectivity index (χ2n) is 4.16. The van der Waals surface area contributed by atoms with Gasteiger partial charge in [-0.1, -0.05) is 24.3 Å². The number of nitriles is 1. The van der Waals surface area contributed by atoms with Crippen LogP contribution in [-0.4, -0.2) is 13.1 Å². The van der Waals surface area contributed by atoms with Gasteiger partial charge in [-0.2, -0.15) is 5.26 Å². The lowest BCUT2D eigenvalue weighted by Gasteiger charge is -2.08. The Balaban J connectivity index is 1.79. The lowest BCUT2D eigenvalue weighted by molar-refractivity contribution is 0.502. The minimum Gasteiger partial charge on any atom is -0.315 e. The van der Waals surface area contributed by atoms with Gasteiger partial charge >= 0.3 is 0 Å². The molecule has 0 bridgehead atoms. The molecule has 0 radical (unpaired) electrons. The molecular formula is C13H16N2. The van der Waals surface area contributed by atoms with Crippen molar-refractivity contribution in [1.82, 2.24) is 5.32 Å². The van der Waals surface area contributed by atoms with Crippen LogP contribution in [0.25, 0.3) is 0 Å². The summed E-state index contributed by atoms with van der Waals surface area (Å²) in [6.45, 7) is 1.86. The van der Waals surface area contributed by atoms with Crippen LogP contribution in [0.1, 0.15) is 17.5 Å². The van der Waals surface area contributed by atoms with Gasteiger partial charge < -0.3 is 5.32 Å². The minimum absolute atomic E-state index is 0.611. The zero-order chi connectivity index (χ0) is 10.5. The number of fused-ring (bicyclic) bond motifs is 1. The van der Waals surface area contributed by atoms with E-state index in [1.54, 1.807) is 0 Å². The van der Waals surface area contributed by atoms with E-state index in [4.69, 9.17) is 5.26 Å². The van der Waals surface area contributed by atoms with E-state index in [1.807, 2.05) is 0 Å². The van der Waals surface area contributed by atoms with Crippen LogP contribution < -0.4 is 5.32 Å². The summed E-state index contributed by atoms with van der Waals surface area (Å²) in [4.78, 5) is 0. The maximum Gasteiger partial charge on any atom is 0.0635 e. The van der Waals surface area contributed by atoms with Crippen LogP contribution in [-0.2, 0) is 12.8 Å². The lowest BCUT2D eigenvalue weighted by Crippen LogP contribution is -2.23. The number of nitrogens with zero attached hydrogens (tertiary/aromatic N) is 1. The summed E-state index contributed by atoms with van der Waals surface area (Å²) in [7, 11) is 0. The zero-order valence-corrected chi connectivity index (χ0v) is 8.87. The molecule has 1 aromatic rings. The predicted molar refractivity (Wildman–Crippen MR) is 60.4 cm³/mol. The van der Waals surface area contributed by atoms with Gasteiger partial charge in [0.05, 0.1) is 6.07 Å². The Morgan fingerprint density at radius 1 is 1.27 bits per heavy atom. The van der Waals surface area contributed by atoms with Crippen molar-refractivity contribution >= 4 is 0 Å². The Kier molecular flexibility index (Phi) is 3.37. The molecule has 0 amide bonds. The van der Waals surface area contributed by atoms with E-state index >= 15 is 0 Å². The molecule has 1 N–H and O–H groups in total. The van der Waals surface area contributed by atoms with Crippen molar-refractivity contribution in [3.63, 3.8) is 0 Å². The minimum atomic E-state index is 0.611. The van der Waals surface area contributed by atoms with Gasteiger partial charge in [0.1, 0.15) is 0 Å². The first kappa shape index (κ1) is 10.2. The number of hydrogen-bond donors (Lipinski definition) is 1. The molecule has 0 unspecified atom stereocenters. The van der Waals surface area contributed by atoms with E-state index in [9.17, 15) is 0 Å². The van der Waals surface area contributed by atoms with Crippen LogP contribution in [0.3, 0.4) is 0 Å². The van der Waals surface area contributed by atoms with Crippen molar-refractivity contribution in [2.24, 2.45) is 5.92 Å². The molecular weight excluding hydrogens is 184 g/mol. The molecule has 15 heavy (non-hydrogen) atoms. The fraction of sp³-hybridized carbons (Fsp3) is 0.462. The van der Waals surface area contributed by atoms with E-state index < -0.39 is 0 Å². The molecule has 1 aliphatic carbocycles. The van der Waals surface area contributed by atoms with Gasteiger partial charge in [-0.25, -0.2) is 0 Å².